The number of methoxy groups -OCH3 is 1. The molecule has 214 valence electrons. The van der Waals surface area contributed by atoms with Gasteiger partial charge in [-0.25, -0.2) is 14.8 Å². The first kappa shape index (κ1) is 26.7. The highest BCUT2D eigenvalue weighted by Gasteiger charge is 2.28. The standard InChI is InChI=1S/C30H34N6O5/c1-30(2,3)41-29(37)35-13-5-6-20(18-35)32-28-31-12-11-26(34-28)36-23-9-8-21(38-4)17-22(23)33-27(36)19-7-10-24-25(16-19)40-15-14-39-24/h7-12,16-17,20H,5-6,13-15,18H2,1-4H3,(H,31,32,34). The van der Waals surface area contributed by atoms with E-state index in [1.54, 1.807) is 18.2 Å². The van der Waals surface area contributed by atoms with Gasteiger partial charge < -0.3 is 29.2 Å². The Hall–Kier alpha value is -4.54. The van der Waals surface area contributed by atoms with Gasteiger partial charge in [0, 0.05) is 37.0 Å². The number of imidazole rings is 1. The lowest BCUT2D eigenvalue weighted by molar-refractivity contribution is 0.0206. The molecule has 1 amide bonds. The molecule has 4 heterocycles. The van der Waals surface area contributed by atoms with E-state index in [2.05, 4.69) is 10.3 Å². The summed E-state index contributed by atoms with van der Waals surface area (Å²) < 4.78 is 24.6. The molecule has 2 aliphatic rings. The van der Waals surface area contributed by atoms with E-state index in [4.69, 9.17) is 28.9 Å². The highest BCUT2D eigenvalue weighted by atomic mass is 16.6. The fraction of sp³-hybridized carbons (Fsp3) is 0.400. The number of amides is 1. The number of benzene rings is 2. The van der Waals surface area contributed by atoms with E-state index in [1.807, 2.05) is 67.8 Å². The third-order valence-electron chi connectivity index (χ3n) is 6.94. The van der Waals surface area contributed by atoms with Gasteiger partial charge in [0.1, 0.15) is 36.2 Å². The maximum absolute atomic E-state index is 12.7. The van der Waals surface area contributed by atoms with E-state index < -0.39 is 5.60 Å². The topological polar surface area (TPSA) is 113 Å². The van der Waals surface area contributed by atoms with Crippen LogP contribution in [0.15, 0.2) is 48.7 Å². The minimum absolute atomic E-state index is 0.00687. The summed E-state index contributed by atoms with van der Waals surface area (Å²) >= 11 is 0. The smallest absolute Gasteiger partial charge is 0.410 e. The fourth-order valence-corrected chi connectivity index (χ4v) is 5.11. The van der Waals surface area contributed by atoms with Crippen molar-refractivity contribution in [3.8, 4) is 34.5 Å². The predicted octanol–water partition coefficient (Wildman–Crippen LogP) is 5.07. The Labute approximate surface area is 238 Å². The van der Waals surface area contributed by atoms with Gasteiger partial charge in [0.25, 0.3) is 0 Å². The van der Waals surface area contributed by atoms with Crippen molar-refractivity contribution in [3.05, 3.63) is 48.7 Å². The van der Waals surface area contributed by atoms with Gasteiger partial charge in [-0.15, -0.1) is 0 Å². The van der Waals surface area contributed by atoms with Crippen molar-refractivity contribution in [1.82, 2.24) is 24.4 Å². The summed E-state index contributed by atoms with van der Waals surface area (Å²) in [5, 5.41) is 3.44. The summed E-state index contributed by atoms with van der Waals surface area (Å²) in [5.41, 5.74) is 1.95. The van der Waals surface area contributed by atoms with Crippen LogP contribution >= 0.6 is 0 Å². The van der Waals surface area contributed by atoms with Crippen molar-refractivity contribution in [2.45, 2.75) is 45.3 Å². The second-order valence-corrected chi connectivity index (χ2v) is 11.1. The summed E-state index contributed by atoms with van der Waals surface area (Å²) in [6.07, 6.45) is 3.17. The molecule has 2 aromatic heterocycles. The first-order valence-corrected chi connectivity index (χ1v) is 13.8. The van der Waals surface area contributed by atoms with Crippen LogP contribution in [0.25, 0.3) is 28.2 Å². The first-order chi connectivity index (χ1) is 19.8. The molecule has 1 unspecified atom stereocenters. The summed E-state index contributed by atoms with van der Waals surface area (Å²) in [5.74, 6) is 3.94. The Morgan fingerprint density at radius 2 is 1.88 bits per heavy atom. The second kappa shape index (κ2) is 10.8. The number of hydrogen-bond acceptors (Lipinski definition) is 9. The number of likely N-dealkylation sites (tertiary alicyclic amines) is 1. The number of fused-ring (bicyclic) bond motifs is 2. The number of hydrogen-bond donors (Lipinski definition) is 1. The van der Waals surface area contributed by atoms with Gasteiger partial charge in [-0.1, -0.05) is 0 Å². The molecule has 2 aliphatic heterocycles. The molecule has 41 heavy (non-hydrogen) atoms. The Kier molecular flexibility index (Phi) is 7.02. The number of anilines is 1. The van der Waals surface area contributed by atoms with Gasteiger partial charge in [-0.2, -0.15) is 4.98 Å². The van der Waals surface area contributed by atoms with Gasteiger partial charge in [0.2, 0.25) is 5.95 Å². The molecule has 6 rings (SSSR count). The van der Waals surface area contributed by atoms with Gasteiger partial charge >= 0.3 is 6.09 Å². The minimum Gasteiger partial charge on any atom is -0.497 e. The first-order valence-electron chi connectivity index (χ1n) is 13.8. The molecule has 4 aromatic rings. The summed E-state index contributed by atoms with van der Waals surface area (Å²) in [7, 11) is 1.64. The van der Waals surface area contributed by atoms with E-state index >= 15 is 0 Å². The van der Waals surface area contributed by atoms with E-state index in [9.17, 15) is 4.79 Å². The predicted molar refractivity (Wildman–Crippen MR) is 154 cm³/mol. The van der Waals surface area contributed by atoms with Crippen LogP contribution in [-0.4, -0.2) is 75.6 Å². The van der Waals surface area contributed by atoms with E-state index in [0.29, 0.717) is 61.1 Å². The monoisotopic (exact) mass is 558 g/mol. The maximum Gasteiger partial charge on any atom is 0.410 e. The maximum atomic E-state index is 12.7. The highest BCUT2D eigenvalue weighted by Crippen LogP contribution is 2.37. The zero-order valence-electron chi connectivity index (χ0n) is 23.7. The number of nitrogens with one attached hydrogen (secondary N) is 1. The van der Waals surface area contributed by atoms with Crippen LogP contribution in [0.2, 0.25) is 0 Å². The quantitative estimate of drug-likeness (QED) is 0.359. The number of carbonyl (C=O) groups excluding carboxylic acids is 1. The SMILES string of the molecule is COc1ccc2c(c1)nc(-c1ccc3c(c1)OCCO3)n2-c1ccnc(NC2CCCN(C(=O)OC(C)(C)C)C2)n1. The fourth-order valence-electron chi connectivity index (χ4n) is 5.11. The average Bonchev–Trinajstić information content (AvgIpc) is 3.35. The van der Waals surface area contributed by atoms with Crippen molar-refractivity contribution < 1.29 is 23.7 Å². The molecule has 1 fully saturated rings. The van der Waals surface area contributed by atoms with Gasteiger partial charge in [0.05, 0.1) is 18.1 Å². The summed E-state index contributed by atoms with van der Waals surface area (Å²) in [6, 6.07) is 13.4. The summed E-state index contributed by atoms with van der Waals surface area (Å²) in [6.45, 7) is 7.82. The lowest BCUT2D eigenvalue weighted by Crippen LogP contribution is -2.47. The number of carbonyl (C=O) groups is 1. The zero-order chi connectivity index (χ0) is 28.6. The third kappa shape index (κ3) is 5.70. The lowest BCUT2D eigenvalue weighted by atomic mass is 10.1. The Balaban J connectivity index is 1.33. The molecular formula is C30H34N6O5. The van der Waals surface area contributed by atoms with E-state index in [1.165, 1.54) is 0 Å². The minimum atomic E-state index is -0.540. The number of aromatic nitrogens is 4. The molecule has 0 aliphatic carbocycles. The normalized spacial score (nSPS) is 16.9. The van der Waals surface area contributed by atoms with E-state index in [0.717, 1.165) is 29.4 Å². The average molecular weight is 559 g/mol. The summed E-state index contributed by atoms with van der Waals surface area (Å²) in [4.78, 5) is 28.8. The molecule has 11 nitrogen and oxygen atoms in total. The second-order valence-electron chi connectivity index (χ2n) is 11.1. The van der Waals surface area contributed by atoms with Crippen LogP contribution in [0, 0.1) is 0 Å². The third-order valence-corrected chi connectivity index (χ3v) is 6.94. The van der Waals surface area contributed by atoms with Crippen LogP contribution in [0.4, 0.5) is 10.7 Å². The molecule has 1 N–H and O–H groups in total. The van der Waals surface area contributed by atoms with Crippen molar-refractivity contribution in [2.24, 2.45) is 0 Å². The molecule has 1 saturated heterocycles. The molecule has 0 saturated carbocycles. The highest BCUT2D eigenvalue weighted by molar-refractivity contribution is 5.84. The van der Waals surface area contributed by atoms with Gasteiger partial charge in [0.15, 0.2) is 11.5 Å². The molecule has 0 spiro atoms. The van der Waals surface area contributed by atoms with Crippen molar-refractivity contribution in [2.75, 3.05) is 38.7 Å². The van der Waals surface area contributed by atoms with Crippen LogP contribution < -0.4 is 19.5 Å². The van der Waals surface area contributed by atoms with Crippen molar-refractivity contribution in [1.29, 1.82) is 0 Å². The van der Waals surface area contributed by atoms with Crippen molar-refractivity contribution >= 4 is 23.1 Å². The van der Waals surface area contributed by atoms with Crippen LogP contribution in [0.3, 0.4) is 0 Å². The Morgan fingerprint density at radius 1 is 1.05 bits per heavy atom. The Bertz CT molecular complexity index is 1580. The van der Waals surface area contributed by atoms with Crippen LogP contribution in [0.5, 0.6) is 17.2 Å². The molecule has 0 radical (unpaired) electrons. The molecular weight excluding hydrogens is 524 g/mol. The molecule has 11 heteroatoms. The zero-order valence-corrected chi connectivity index (χ0v) is 23.7. The molecule has 1 atom stereocenters. The van der Waals surface area contributed by atoms with Gasteiger partial charge in [-0.05, 0) is 70.0 Å². The van der Waals surface area contributed by atoms with Crippen molar-refractivity contribution in [3.63, 3.8) is 0 Å². The van der Waals surface area contributed by atoms with Crippen LogP contribution in [-0.2, 0) is 4.74 Å². The van der Waals surface area contributed by atoms with Crippen LogP contribution in [0.1, 0.15) is 33.6 Å². The van der Waals surface area contributed by atoms with E-state index in [-0.39, 0.29) is 12.1 Å². The largest absolute Gasteiger partial charge is 0.497 e. The number of piperidine rings is 1. The van der Waals surface area contributed by atoms with Gasteiger partial charge in [-0.3, -0.25) is 4.57 Å². The number of rotatable bonds is 5. The molecule has 2 aromatic carbocycles. The number of ether oxygens (including phenoxy) is 4. The lowest BCUT2D eigenvalue weighted by Gasteiger charge is -2.34. The molecule has 0 bridgehead atoms. The number of nitrogens with zero attached hydrogens (tertiary/aromatic N) is 5. The Morgan fingerprint density at radius 3 is 2.68 bits per heavy atom.